The van der Waals surface area contributed by atoms with E-state index in [-0.39, 0.29) is 5.88 Å². The number of fused-ring (bicyclic) bond motifs is 1. The smallest absolute Gasteiger partial charge is 0.413 e. The zero-order valence-corrected chi connectivity index (χ0v) is 19.9. The topological polar surface area (TPSA) is 81.2 Å². The number of rotatable bonds is 5. The number of ether oxygens (including phenoxy) is 1. The number of nitrogens with one attached hydrogen (secondary N) is 1. The summed E-state index contributed by atoms with van der Waals surface area (Å²) in [7, 11) is 2.99. The number of hydrogen-bond donors (Lipinski definition) is 2. The van der Waals surface area contributed by atoms with Gasteiger partial charge < -0.3 is 19.7 Å². The molecule has 1 amide bonds. The summed E-state index contributed by atoms with van der Waals surface area (Å²) in [4.78, 5) is 23.9. The Hall–Kier alpha value is -4.26. The molecule has 1 aliphatic heterocycles. The molecule has 1 aliphatic rings. The van der Waals surface area contributed by atoms with E-state index in [9.17, 15) is 9.90 Å². The van der Waals surface area contributed by atoms with Gasteiger partial charge in [0.25, 0.3) is 0 Å². The molecule has 1 fully saturated rings. The van der Waals surface area contributed by atoms with Crippen LogP contribution in [-0.2, 0) is 4.74 Å². The number of anilines is 2. The summed E-state index contributed by atoms with van der Waals surface area (Å²) >= 11 is 0. The summed E-state index contributed by atoms with van der Waals surface area (Å²) in [5, 5.41) is 11.7. The van der Waals surface area contributed by atoms with E-state index < -0.39 is 6.09 Å². The van der Waals surface area contributed by atoms with Crippen LogP contribution >= 0.6 is 0 Å². The third-order valence-corrected chi connectivity index (χ3v) is 6.44. The van der Waals surface area contributed by atoms with Crippen molar-refractivity contribution in [1.29, 1.82) is 0 Å². The number of carbonyl (C=O) groups excluding carboxylic acids is 1. The van der Waals surface area contributed by atoms with E-state index in [1.807, 2.05) is 54.6 Å². The molecule has 0 bridgehead atoms. The maximum atomic E-state index is 12.1. The van der Waals surface area contributed by atoms with E-state index in [1.165, 1.54) is 30.5 Å². The zero-order chi connectivity index (χ0) is 24.4. The second-order valence-electron chi connectivity index (χ2n) is 8.64. The van der Waals surface area contributed by atoms with Crippen LogP contribution in [0.3, 0.4) is 0 Å². The highest BCUT2D eigenvalue weighted by Gasteiger charge is 2.21. The fourth-order valence-corrected chi connectivity index (χ4v) is 4.56. The minimum absolute atomic E-state index is 0.0224. The first-order valence-electron chi connectivity index (χ1n) is 11.7. The Morgan fingerprint density at radius 2 is 1.74 bits per heavy atom. The van der Waals surface area contributed by atoms with Crippen LogP contribution in [0.5, 0.6) is 5.88 Å². The summed E-state index contributed by atoms with van der Waals surface area (Å²) in [5.74, 6) is 0.0224. The van der Waals surface area contributed by atoms with Crippen LogP contribution in [0.25, 0.3) is 10.9 Å². The first-order chi connectivity index (χ1) is 17.0. The van der Waals surface area contributed by atoms with Crippen molar-refractivity contribution >= 4 is 39.8 Å². The number of aromatic amines is 1. The Morgan fingerprint density at radius 1 is 1.03 bits per heavy atom. The average Bonchev–Trinajstić information content (AvgIpc) is 3.55. The molecule has 0 aliphatic carbocycles. The maximum Gasteiger partial charge on any atom is 0.413 e. The molecule has 0 unspecified atom stereocenters. The van der Waals surface area contributed by atoms with Gasteiger partial charge in [0.15, 0.2) is 5.88 Å². The predicted molar refractivity (Wildman–Crippen MR) is 140 cm³/mol. The molecule has 178 valence electrons. The van der Waals surface area contributed by atoms with Gasteiger partial charge in [0.2, 0.25) is 0 Å². The third kappa shape index (κ3) is 4.45. The number of aromatic nitrogens is 1. The van der Waals surface area contributed by atoms with Gasteiger partial charge in [0, 0.05) is 48.0 Å². The van der Waals surface area contributed by atoms with Crippen LogP contribution in [0.2, 0.25) is 0 Å². The number of methoxy groups -OCH3 is 1. The monoisotopic (exact) mass is 468 g/mol. The summed E-state index contributed by atoms with van der Waals surface area (Å²) in [6.07, 6.45) is 1.98. The van der Waals surface area contributed by atoms with E-state index in [0.29, 0.717) is 17.0 Å². The van der Waals surface area contributed by atoms with Crippen molar-refractivity contribution in [3.05, 3.63) is 83.9 Å². The number of hydrogen-bond acceptors (Lipinski definition) is 5. The van der Waals surface area contributed by atoms with Gasteiger partial charge in [0.05, 0.1) is 24.1 Å². The van der Waals surface area contributed by atoms with Gasteiger partial charge in [-0.05, 0) is 55.3 Å². The fourth-order valence-electron chi connectivity index (χ4n) is 4.56. The van der Waals surface area contributed by atoms with Crippen molar-refractivity contribution in [3.8, 4) is 5.88 Å². The van der Waals surface area contributed by atoms with Crippen molar-refractivity contribution in [2.75, 3.05) is 37.0 Å². The van der Waals surface area contributed by atoms with Crippen LogP contribution < -0.4 is 9.80 Å². The average molecular weight is 469 g/mol. The molecular formula is C28H28N4O3. The van der Waals surface area contributed by atoms with Crippen molar-refractivity contribution in [2.24, 2.45) is 4.99 Å². The highest BCUT2D eigenvalue weighted by molar-refractivity contribution is 6.22. The highest BCUT2D eigenvalue weighted by atomic mass is 16.5. The summed E-state index contributed by atoms with van der Waals surface area (Å²) in [5.41, 5.74) is 5.48. The van der Waals surface area contributed by atoms with Gasteiger partial charge in [-0.1, -0.05) is 30.3 Å². The molecule has 3 aromatic carbocycles. The lowest BCUT2D eigenvalue weighted by Gasteiger charge is -2.17. The van der Waals surface area contributed by atoms with Gasteiger partial charge in [-0.2, -0.15) is 0 Å². The van der Waals surface area contributed by atoms with E-state index in [4.69, 9.17) is 9.73 Å². The number of carbonyl (C=O) groups is 1. The first-order valence-corrected chi connectivity index (χ1v) is 11.7. The van der Waals surface area contributed by atoms with Crippen molar-refractivity contribution in [3.63, 3.8) is 0 Å². The lowest BCUT2D eigenvalue weighted by molar-refractivity contribution is 0.180. The van der Waals surface area contributed by atoms with Crippen molar-refractivity contribution in [1.82, 2.24) is 4.98 Å². The molecular weight excluding hydrogens is 440 g/mol. The summed E-state index contributed by atoms with van der Waals surface area (Å²) < 4.78 is 4.86. The zero-order valence-electron chi connectivity index (χ0n) is 19.9. The molecule has 1 aromatic heterocycles. The Labute approximate surface area is 204 Å². The number of aliphatic imine (C=N–C) groups is 1. The molecule has 2 N–H and O–H groups in total. The fraction of sp³-hybridized carbons (Fsp3) is 0.214. The third-order valence-electron chi connectivity index (χ3n) is 6.44. The maximum absolute atomic E-state index is 12.1. The van der Waals surface area contributed by atoms with E-state index in [2.05, 4.69) is 22.0 Å². The SMILES string of the molecule is COC(=O)N(C)c1ccc2[nH]c(O)c(C(=Nc3ccc(N4CCCC4)cc3)c3ccccc3)c2c1. The molecule has 5 rings (SSSR count). The number of amides is 1. The van der Waals surface area contributed by atoms with Gasteiger partial charge in [-0.25, -0.2) is 9.79 Å². The van der Waals surface area contributed by atoms with E-state index in [0.717, 1.165) is 35.2 Å². The second kappa shape index (κ2) is 9.54. The Kier molecular flexibility index (Phi) is 6.14. The van der Waals surface area contributed by atoms with Crippen LogP contribution in [0.15, 0.2) is 77.8 Å². The van der Waals surface area contributed by atoms with E-state index in [1.54, 1.807) is 13.1 Å². The highest BCUT2D eigenvalue weighted by Crippen LogP contribution is 2.34. The van der Waals surface area contributed by atoms with Crippen LogP contribution in [0.1, 0.15) is 24.0 Å². The van der Waals surface area contributed by atoms with Crippen molar-refractivity contribution in [2.45, 2.75) is 12.8 Å². The number of benzene rings is 3. The number of H-pyrrole nitrogens is 1. The molecule has 0 atom stereocenters. The Morgan fingerprint density at radius 3 is 2.43 bits per heavy atom. The Balaban J connectivity index is 1.62. The van der Waals surface area contributed by atoms with Gasteiger partial charge in [-0.15, -0.1) is 0 Å². The molecule has 7 heteroatoms. The van der Waals surface area contributed by atoms with Crippen LogP contribution in [0, 0.1) is 0 Å². The van der Waals surface area contributed by atoms with Gasteiger partial charge >= 0.3 is 6.09 Å². The van der Waals surface area contributed by atoms with E-state index >= 15 is 0 Å². The summed E-state index contributed by atoms with van der Waals surface area (Å²) in [6, 6.07) is 23.5. The molecule has 2 heterocycles. The second-order valence-corrected chi connectivity index (χ2v) is 8.64. The van der Waals surface area contributed by atoms with Gasteiger partial charge in [0.1, 0.15) is 0 Å². The quantitative estimate of drug-likeness (QED) is 0.360. The largest absolute Gasteiger partial charge is 0.494 e. The van der Waals surface area contributed by atoms with Crippen molar-refractivity contribution < 1.29 is 14.6 Å². The molecule has 0 radical (unpaired) electrons. The molecule has 0 saturated carbocycles. The lowest BCUT2D eigenvalue weighted by Crippen LogP contribution is -2.25. The van der Waals surface area contributed by atoms with Gasteiger partial charge in [-0.3, -0.25) is 4.90 Å². The molecule has 4 aromatic rings. The molecule has 1 saturated heterocycles. The minimum atomic E-state index is -0.472. The molecule has 7 nitrogen and oxygen atoms in total. The lowest BCUT2D eigenvalue weighted by atomic mass is 10.0. The number of aromatic hydroxyl groups is 1. The number of nitrogens with zero attached hydrogens (tertiary/aromatic N) is 3. The van der Waals surface area contributed by atoms with Crippen LogP contribution in [0.4, 0.5) is 21.9 Å². The first kappa shape index (κ1) is 22.5. The normalized spacial score (nSPS) is 13.9. The molecule has 35 heavy (non-hydrogen) atoms. The van der Waals surface area contributed by atoms with Crippen LogP contribution in [-0.4, -0.2) is 49.1 Å². The Bertz CT molecular complexity index is 1370. The predicted octanol–water partition coefficient (Wildman–Crippen LogP) is 5.85. The molecule has 0 spiro atoms. The summed E-state index contributed by atoms with van der Waals surface area (Å²) in [6.45, 7) is 2.17. The minimum Gasteiger partial charge on any atom is -0.494 e. The standard InChI is InChI=1S/C28H28N4O3/c1-31(28(34)35-2)22-14-15-24-23(18-22)25(27(33)30-24)26(19-8-4-3-5-9-19)29-20-10-12-21(13-11-20)32-16-6-7-17-32/h3-5,8-15,18,30,33H,6-7,16-17H2,1-2H3.